The number of aliphatic hydroxyl groups excluding tert-OH is 1. The van der Waals surface area contributed by atoms with E-state index in [2.05, 4.69) is 11.5 Å². The zero-order valence-corrected chi connectivity index (χ0v) is 9.62. The first-order valence-corrected chi connectivity index (χ1v) is 5.47. The van der Waals surface area contributed by atoms with Crippen molar-refractivity contribution in [2.24, 2.45) is 0 Å². The molecule has 0 spiro atoms. The van der Waals surface area contributed by atoms with E-state index in [9.17, 15) is 5.11 Å². The van der Waals surface area contributed by atoms with Gasteiger partial charge in [-0.3, -0.25) is 0 Å². The largest absolute Gasteiger partial charge is 0.389 e. The lowest BCUT2D eigenvalue weighted by molar-refractivity contribution is 0.200. The molecular weight excluding hydrogens is 210 g/mol. The molecule has 2 aromatic rings. The Balaban J connectivity index is 2.76. The lowest BCUT2D eigenvalue weighted by Gasteiger charge is -2.01. The molecule has 1 aromatic carbocycles. The van der Waals surface area contributed by atoms with Crippen LogP contribution < -0.4 is 0 Å². The third-order valence-electron chi connectivity index (χ3n) is 2.66. The van der Waals surface area contributed by atoms with Crippen molar-refractivity contribution in [1.29, 1.82) is 0 Å². The highest BCUT2D eigenvalue weighted by Crippen LogP contribution is 2.28. The molecule has 0 amide bonds. The Hall–Kier alpha value is -0.990. The smallest absolute Gasteiger partial charge is 0.0782 e. The van der Waals surface area contributed by atoms with Crippen molar-refractivity contribution < 1.29 is 5.11 Å². The molecule has 15 heavy (non-hydrogen) atoms. The Kier molecular flexibility index (Phi) is 2.72. The van der Waals surface area contributed by atoms with E-state index >= 15 is 0 Å². The van der Waals surface area contributed by atoms with Gasteiger partial charge < -0.3 is 9.67 Å². The Morgan fingerprint density at radius 1 is 1.47 bits per heavy atom. The van der Waals surface area contributed by atoms with Gasteiger partial charge in [-0.25, -0.2) is 0 Å². The number of benzene rings is 1. The maximum Gasteiger partial charge on any atom is 0.0782 e. The second-order valence-corrected chi connectivity index (χ2v) is 4.14. The molecular formula is C12H14ClNO. The highest BCUT2D eigenvalue weighted by molar-refractivity contribution is 6.31. The van der Waals surface area contributed by atoms with Gasteiger partial charge in [0.2, 0.25) is 0 Å². The van der Waals surface area contributed by atoms with E-state index in [4.69, 9.17) is 11.6 Å². The van der Waals surface area contributed by atoms with Crippen LogP contribution in [0.5, 0.6) is 0 Å². The molecule has 1 aromatic heterocycles. The average molecular weight is 224 g/mol. The summed E-state index contributed by atoms with van der Waals surface area (Å²) in [7, 11) is 0. The predicted molar refractivity (Wildman–Crippen MR) is 63.3 cm³/mol. The van der Waals surface area contributed by atoms with Gasteiger partial charge >= 0.3 is 0 Å². The first kappa shape index (κ1) is 10.5. The van der Waals surface area contributed by atoms with E-state index in [1.54, 1.807) is 6.92 Å². The summed E-state index contributed by atoms with van der Waals surface area (Å²) in [5, 5.41) is 11.4. The summed E-state index contributed by atoms with van der Waals surface area (Å²) in [5.41, 5.74) is 2.06. The lowest BCUT2D eigenvalue weighted by Crippen LogP contribution is -1.91. The quantitative estimate of drug-likeness (QED) is 0.830. The second kappa shape index (κ2) is 3.87. The summed E-state index contributed by atoms with van der Waals surface area (Å²) in [6, 6.07) is 5.78. The molecule has 80 valence electrons. The summed E-state index contributed by atoms with van der Waals surface area (Å²) in [6.07, 6.45) is 1.53. The van der Waals surface area contributed by atoms with E-state index in [1.165, 1.54) is 0 Å². The van der Waals surface area contributed by atoms with Crippen molar-refractivity contribution in [1.82, 2.24) is 4.57 Å². The Bertz CT molecular complexity index is 488. The monoisotopic (exact) mass is 223 g/mol. The number of hydrogen-bond donors (Lipinski definition) is 1. The molecule has 0 aliphatic rings. The molecule has 3 heteroatoms. The molecule has 0 aliphatic carbocycles. The number of fused-ring (bicyclic) bond motifs is 1. The van der Waals surface area contributed by atoms with Gasteiger partial charge in [0.25, 0.3) is 0 Å². The van der Waals surface area contributed by atoms with Gasteiger partial charge in [-0.15, -0.1) is 0 Å². The van der Waals surface area contributed by atoms with Crippen LogP contribution in [0.15, 0.2) is 24.4 Å². The Morgan fingerprint density at radius 3 is 2.80 bits per heavy atom. The van der Waals surface area contributed by atoms with E-state index in [-0.39, 0.29) is 0 Å². The average Bonchev–Trinajstić information content (AvgIpc) is 2.55. The number of aliphatic hydroxyl groups is 1. The van der Waals surface area contributed by atoms with E-state index in [0.717, 1.165) is 23.0 Å². The van der Waals surface area contributed by atoms with Crippen LogP contribution in [0.2, 0.25) is 5.02 Å². The van der Waals surface area contributed by atoms with Crippen LogP contribution in [0, 0.1) is 0 Å². The molecule has 0 fully saturated rings. The molecule has 2 rings (SSSR count). The normalized spacial score (nSPS) is 13.3. The SMILES string of the molecule is CCn1cc(C(C)O)c2cc(Cl)ccc21. The van der Waals surface area contributed by atoms with Gasteiger partial charge in [0.1, 0.15) is 0 Å². The predicted octanol–water partition coefficient (Wildman–Crippen LogP) is 3.37. The third-order valence-corrected chi connectivity index (χ3v) is 2.90. The highest BCUT2D eigenvalue weighted by atomic mass is 35.5. The molecule has 0 aliphatic heterocycles. The molecule has 1 unspecified atom stereocenters. The number of halogens is 1. The molecule has 1 atom stereocenters. The van der Waals surface area contributed by atoms with Gasteiger partial charge in [0, 0.05) is 34.2 Å². The van der Waals surface area contributed by atoms with Crippen molar-refractivity contribution in [2.45, 2.75) is 26.5 Å². The van der Waals surface area contributed by atoms with E-state index in [0.29, 0.717) is 5.02 Å². The molecule has 1 N–H and O–H groups in total. The number of hydrogen-bond acceptors (Lipinski definition) is 1. The summed E-state index contributed by atoms with van der Waals surface area (Å²) in [5.74, 6) is 0. The molecule has 1 heterocycles. The van der Waals surface area contributed by atoms with Crippen molar-refractivity contribution >= 4 is 22.5 Å². The summed E-state index contributed by atoms with van der Waals surface area (Å²) in [4.78, 5) is 0. The first-order chi connectivity index (χ1) is 7.13. The van der Waals surface area contributed by atoms with Crippen LogP contribution in [0.3, 0.4) is 0 Å². The fourth-order valence-corrected chi connectivity index (χ4v) is 2.06. The Labute approximate surface area is 94.1 Å². The summed E-state index contributed by atoms with van der Waals surface area (Å²) < 4.78 is 2.12. The fraction of sp³-hybridized carbons (Fsp3) is 0.333. The number of aromatic nitrogens is 1. The number of aryl methyl sites for hydroxylation is 1. The first-order valence-electron chi connectivity index (χ1n) is 5.10. The Morgan fingerprint density at radius 2 is 2.20 bits per heavy atom. The molecule has 0 bridgehead atoms. The standard InChI is InChI=1S/C12H14ClNO/c1-3-14-7-11(8(2)15)10-6-9(13)4-5-12(10)14/h4-8,15H,3H2,1-2H3. The van der Waals surface area contributed by atoms with Gasteiger partial charge in [-0.05, 0) is 32.0 Å². The molecule has 0 saturated heterocycles. The van der Waals surface area contributed by atoms with Crippen LogP contribution >= 0.6 is 11.6 Å². The second-order valence-electron chi connectivity index (χ2n) is 3.71. The van der Waals surface area contributed by atoms with Crippen LogP contribution in [0.1, 0.15) is 25.5 Å². The molecule has 2 nitrogen and oxygen atoms in total. The minimum Gasteiger partial charge on any atom is -0.389 e. The zero-order valence-electron chi connectivity index (χ0n) is 8.87. The van der Waals surface area contributed by atoms with Gasteiger partial charge in [-0.2, -0.15) is 0 Å². The minimum atomic E-state index is -0.459. The van der Waals surface area contributed by atoms with Crippen LogP contribution in [-0.2, 0) is 6.54 Å². The maximum atomic E-state index is 9.67. The number of nitrogens with zero attached hydrogens (tertiary/aromatic N) is 1. The van der Waals surface area contributed by atoms with Gasteiger partial charge in [0.05, 0.1) is 6.10 Å². The van der Waals surface area contributed by atoms with E-state index < -0.39 is 6.10 Å². The highest BCUT2D eigenvalue weighted by Gasteiger charge is 2.11. The van der Waals surface area contributed by atoms with E-state index in [1.807, 2.05) is 24.4 Å². The number of rotatable bonds is 2. The molecule has 0 saturated carbocycles. The maximum absolute atomic E-state index is 9.67. The van der Waals surface area contributed by atoms with Crippen molar-refractivity contribution in [3.05, 3.63) is 35.0 Å². The zero-order chi connectivity index (χ0) is 11.0. The molecule has 0 radical (unpaired) electrons. The van der Waals surface area contributed by atoms with Crippen molar-refractivity contribution in [2.75, 3.05) is 0 Å². The lowest BCUT2D eigenvalue weighted by atomic mass is 10.1. The van der Waals surface area contributed by atoms with Gasteiger partial charge in [-0.1, -0.05) is 11.6 Å². The van der Waals surface area contributed by atoms with Crippen molar-refractivity contribution in [3.63, 3.8) is 0 Å². The topological polar surface area (TPSA) is 25.2 Å². The van der Waals surface area contributed by atoms with Crippen LogP contribution in [0.25, 0.3) is 10.9 Å². The fourth-order valence-electron chi connectivity index (χ4n) is 1.89. The van der Waals surface area contributed by atoms with Crippen molar-refractivity contribution in [3.8, 4) is 0 Å². The minimum absolute atomic E-state index is 0.459. The third kappa shape index (κ3) is 1.75. The summed E-state index contributed by atoms with van der Waals surface area (Å²) >= 11 is 5.96. The summed E-state index contributed by atoms with van der Waals surface area (Å²) in [6.45, 7) is 4.75. The van der Waals surface area contributed by atoms with Crippen LogP contribution in [0.4, 0.5) is 0 Å². The van der Waals surface area contributed by atoms with Crippen LogP contribution in [-0.4, -0.2) is 9.67 Å². The van der Waals surface area contributed by atoms with Gasteiger partial charge in [0.15, 0.2) is 0 Å².